The smallest absolute Gasteiger partial charge is 0.291 e. The van der Waals surface area contributed by atoms with Gasteiger partial charge in [0.25, 0.3) is 5.91 Å². The van der Waals surface area contributed by atoms with Crippen molar-refractivity contribution in [3.63, 3.8) is 0 Å². The van der Waals surface area contributed by atoms with Gasteiger partial charge >= 0.3 is 0 Å². The minimum absolute atomic E-state index is 0.116. The topological polar surface area (TPSA) is 70.7 Å². The van der Waals surface area contributed by atoms with E-state index in [4.69, 9.17) is 0 Å². The van der Waals surface area contributed by atoms with Crippen molar-refractivity contribution in [2.24, 2.45) is 0 Å². The van der Waals surface area contributed by atoms with Gasteiger partial charge in [0.2, 0.25) is 5.82 Å². The molecule has 0 saturated heterocycles. The average molecular weight is 194 g/mol. The summed E-state index contributed by atoms with van der Waals surface area (Å²) in [5, 5.41) is 9.43. The van der Waals surface area contributed by atoms with Crippen LogP contribution < -0.4 is 5.32 Å². The normalized spacial score (nSPS) is 15.9. The number of H-pyrrole nitrogens is 1. The second kappa shape index (κ2) is 3.40. The van der Waals surface area contributed by atoms with Gasteiger partial charge in [0, 0.05) is 12.0 Å². The molecule has 2 rings (SSSR count). The highest BCUT2D eigenvalue weighted by atomic mass is 16.2. The van der Waals surface area contributed by atoms with Crippen molar-refractivity contribution in [2.75, 3.05) is 0 Å². The second-order valence-electron chi connectivity index (χ2n) is 3.95. The maximum Gasteiger partial charge on any atom is 0.291 e. The molecule has 1 aliphatic rings. The zero-order chi connectivity index (χ0) is 10.1. The lowest BCUT2D eigenvalue weighted by Crippen LogP contribution is -2.30. The van der Waals surface area contributed by atoms with Gasteiger partial charge in [-0.1, -0.05) is 0 Å². The van der Waals surface area contributed by atoms with Crippen molar-refractivity contribution < 1.29 is 4.79 Å². The molecule has 1 fully saturated rings. The number of rotatable bonds is 3. The SMILES string of the molecule is CC(C)NC(=O)c1n[nH]c(C2CC2)n1. The number of nitrogens with one attached hydrogen (secondary N) is 2. The molecule has 14 heavy (non-hydrogen) atoms. The maximum atomic E-state index is 11.5. The molecule has 0 aromatic carbocycles. The lowest BCUT2D eigenvalue weighted by Gasteiger charge is -2.04. The van der Waals surface area contributed by atoms with Crippen molar-refractivity contribution in [1.29, 1.82) is 0 Å². The number of aromatic amines is 1. The fraction of sp³-hybridized carbons (Fsp3) is 0.667. The summed E-state index contributed by atoms with van der Waals surface area (Å²) in [6.07, 6.45) is 2.31. The Bertz CT molecular complexity index is 340. The summed E-state index contributed by atoms with van der Waals surface area (Å²) in [4.78, 5) is 15.6. The fourth-order valence-electron chi connectivity index (χ4n) is 1.24. The minimum atomic E-state index is -0.205. The molecule has 2 N–H and O–H groups in total. The highest BCUT2D eigenvalue weighted by molar-refractivity contribution is 5.90. The van der Waals surface area contributed by atoms with Crippen LogP contribution >= 0.6 is 0 Å². The molecule has 0 atom stereocenters. The molecule has 5 heteroatoms. The molecule has 0 aliphatic heterocycles. The van der Waals surface area contributed by atoms with Crippen LogP contribution in [0, 0.1) is 0 Å². The van der Waals surface area contributed by atoms with E-state index in [1.807, 2.05) is 13.8 Å². The predicted molar refractivity (Wildman–Crippen MR) is 51.0 cm³/mol. The van der Waals surface area contributed by atoms with Crippen LogP contribution in [-0.2, 0) is 0 Å². The zero-order valence-corrected chi connectivity index (χ0v) is 8.37. The van der Waals surface area contributed by atoms with Crippen LogP contribution in [0.1, 0.15) is 49.1 Å². The largest absolute Gasteiger partial charge is 0.347 e. The molecule has 1 aromatic heterocycles. The minimum Gasteiger partial charge on any atom is -0.347 e. The number of carbonyl (C=O) groups excluding carboxylic acids is 1. The average Bonchev–Trinajstić information content (AvgIpc) is 2.82. The van der Waals surface area contributed by atoms with Gasteiger partial charge in [-0.2, -0.15) is 0 Å². The highest BCUT2D eigenvalue weighted by Crippen LogP contribution is 2.37. The Hall–Kier alpha value is -1.39. The summed E-state index contributed by atoms with van der Waals surface area (Å²) in [6.45, 7) is 3.82. The number of aromatic nitrogens is 3. The van der Waals surface area contributed by atoms with Gasteiger partial charge in [-0.15, -0.1) is 5.10 Å². The predicted octanol–water partition coefficient (Wildman–Crippen LogP) is 0.820. The van der Waals surface area contributed by atoms with E-state index in [9.17, 15) is 4.79 Å². The van der Waals surface area contributed by atoms with Gasteiger partial charge in [-0.3, -0.25) is 9.89 Å². The van der Waals surface area contributed by atoms with Crippen LogP contribution in [0.25, 0.3) is 0 Å². The van der Waals surface area contributed by atoms with Crippen LogP contribution in [0.3, 0.4) is 0 Å². The van der Waals surface area contributed by atoms with Gasteiger partial charge in [0.05, 0.1) is 0 Å². The molecule has 1 heterocycles. The second-order valence-corrected chi connectivity index (χ2v) is 3.95. The van der Waals surface area contributed by atoms with E-state index >= 15 is 0 Å². The van der Waals surface area contributed by atoms with E-state index in [0.29, 0.717) is 5.92 Å². The molecular weight excluding hydrogens is 180 g/mol. The zero-order valence-electron chi connectivity index (χ0n) is 8.37. The van der Waals surface area contributed by atoms with Crippen molar-refractivity contribution in [1.82, 2.24) is 20.5 Å². The third kappa shape index (κ3) is 1.92. The van der Waals surface area contributed by atoms with Crippen LogP contribution in [0.2, 0.25) is 0 Å². The molecule has 76 valence electrons. The Morgan fingerprint density at radius 3 is 2.86 bits per heavy atom. The molecule has 5 nitrogen and oxygen atoms in total. The first kappa shape index (κ1) is 9.18. The van der Waals surface area contributed by atoms with Gasteiger partial charge in [0.1, 0.15) is 5.82 Å². The number of hydrogen-bond donors (Lipinski definition) is 2. The molecule has 1 amide bonds. The summed E-state index contributed by atoms with van der Waals surface area (Å²) in [7, 11) is 0. The molecule has 0 unspecified atom stereocenters. The van der Waals surface area contributed by atoms with Crippen molar-refractivity contribution in [3.05, 3.63) is 11.6 Å². The standard InChI is InChI=1S/C9H14N4O/c1-5(2)10-9(14)8-11-7(12-13-8)6-3-4-6/h5-6H,3-4H2,1-2H3,(H,10,14)(H,11,12,13). The van der Waals surface area contributed by atoms with E-state index in [1.165, 1.54) is 0 Å². The van der Waals surface area contributed by atoms with E-state index in [0.717, 1.165) is 18.7 Å². The van der Waals surface area contributed by atoms with E-state index < -0.39 is 0 Å². The molecule has 0 spiro atoms. The Kier molecular flexibility index (Phi) is 2.23. The molecule has 1 aromatic rings. The van der Waals surface area contributed by atoms with Gasteiger partial charge in [-0.05, 0) is 26.7 Å². The van der Waals surface area contributed by atoms with Gasteiger partial charge in [0.15, 0.2) is 0 Å². The Labute approximate surface area is 82.3 Å². The van der Waals surface area contributed by atoms with Gasteiger partial charge in [-0.25, -0.2) is 4.98 Å². The number of carbonyl (C=O) groups is 1. The summed E-state index contributed by atoms with van der Waals surface area (Å²) in [6, 6.07) is 0.116. The molecular formula is C9H14N4O. The Morgan fingerprint density at radius 2 is 2.29 bits per heavy atom. The van der Waals surface area contributed by atoms with Crippen LogP contribution in [0.5, 0.6) is 0 Å². The maximum absolute atomic E-state index is 11.5. The third-order valence-electron chi connectivity index (χ3n) is 2.09. The molecule has 1 aliphatic carbocycles. The lowest BCUT2D eigenvalue weighted by molar-refractivity contribution is 0.0933. The van der Waals surface area contributed by atoms with Crippen molar-refractivity contribution in [3.8, 4) is 0 Å². The Balaban J connectivity index is 2.04. The number of amides is 1. The van der Waals surface area contributed by atoms with Crippen LogP contribution in [0.4, 0.5) is 0 Å². The Morgan fingerprint density at radius 1 is 1.57 bits per heavy atom. The first-order valence-corrected chi connectivity index (χ1v) is 4.90. The van der Waals surface area contributed by atoms with Crippen LogP contribution in [-0.4, -0.2) is 27.1 Å². The first-order chi connectivity index (χ1) is 6.66. The van der Waals surface area contributed by atoms with Crippen molar-refractivity contribution >= 4 is 5.91 Å². The number of hydrogen-bond acceptors (Lipinski definition) is 3. The molecule has 0 radical (unpaired) electrons. The molecule has 1 saturated carbocycles. The number of nitrogens with zero attached hydrogens (tertiary/aromatic N) is 2. The molecule has 0 bridgehead atoms. The van der Waals surface area contributed by atoms with Crippen LogP contribution in [0.15, 0.2) is 0 Å². The van der Waals surface area contributed by atoms with E-state index in [-0.39, 0.29) is 17.8 Å². The summed E-state index contributed by atoms with van der Waals surface area (Å²) in [5.41, 5.74) is 0. The van der Waals surface area contributed by atoms with Gasteiger partial charge < -0.3 is 5.32 Å². The summed E-state index contributed by atoms with van der Waals surface area (Å²) >= 11 is 0. The lowest BCUT2D eigenvalue weighted by atomic mass is 10.4. The third-order valence-corrected chi connectivity index (χ3v) is 2.09. The fourth-order valence-corrected chi connectivity index (χ4v) is 1.24. The quantitative estimate of drug-likeness (QED) is 0.748. The summed E-state index contributed by atoms with van der Waals surface area (Å²) in [5.74, 6) is 1.39. The highest BCUT2D eigenvalue weighted by Gasteiger charge is 2.28. The van der Waals surface area contributed by atoms with E-state index in [2.05, 4.69) is 20.5 Å². The summed E-state index contributed by atoms with van der Waals surface area (Å²) < 4.78 is 0. The van der Waals surface area contributed by atoms with E-state index in [1.54, 1.807) is 0 Å². The first-order valence-electron chi connectivity index (χ1n) is 4.90. The van der Waals surface area contributed by atoms with Crippen molar-refractivity contribution in [2.45, 2.75) is 38.6 Å². The monoisotopic (exact) mass is 194 g/mol.